The second kappa shape index (κ2) is 12.7. The summed E-state index contributed by atoms with van der Waals surface area (Å²) in [6.45, 7) is 0.0299. The lowest BCUT2D eigenvalue weighted by Gasteiger charge is -2.18. The lowest BCUT2D eigenvalue weighted by Crippen LogP contribution is -2.31. The molecule has 7 nitrogen and oxygen atoms in total. The van der Waals surface area contributed by atoms with Crippen molar-refractivity contribution in [2.45, 2.75) is 4.90 Å². The molecule has 0 heterocycles. The first-order chi connectivity index (χ1) is 16.0. The molecule has 0 saturated heterocycles. The van der Waals surface area contributed by atoms with Gasteiger partial charge >= 0.3 is 5.97 Å². The van der Waals surface area contributed by atoms with Crippen LogP contribution in [0.3, 0.4) is 0 Å². The molecule has 12 heteroatoms. The number of hydrogen-bond acceptors (Lipinski definition) is 6. The largest absolute Gasteiger partial charge is 0.493 e. The fourth-order valence-corrected chi connectivity index (χ4v) is 7.39. The van der Waals surface area contributed by atoms with Crippen LogP contribution in [0, 0.1) is 20.2 Å². The molecule has 0 radical (unpaired) electrons. The van der Waals surface area contributed by atoms with Gasteiger partial charge in [0.15, 0.2) is 0 Å². The molecule has 180 valence electrons. The van der Waals surface area contributed by atoms with Crippen LogP contribution in [0.5, 0.6) is 17.2 Å². The van der Waals surface area contributed by atoms with E-state index in [-0.39, 0.29) is 31.0 Å². The number of hydrogen-bond donors (Lipinski definition) is 1. The summed E-state index contributed by atoms with van der Waals surface area (Å²) in [5.74, 6) is 0.000235. The van der Waals surface area contributed by atoms with E-state index in [1.807, 2.05) is 48.5 Å². The van der Waals surface area contributed by atoms with Gasteiger partial charge in [-0.05, 0) is 151 Å². The minimum atomic E-state index is -4.41. The molecule has 0 amide bonds. The Balaban J connectivity index is 1.77. The number of halogens is 4. The molecule has 3 rings (SSSR count). The van der Waals surface area contributed by atoms with Crippen molar-refractivity contribution in [2.24, 2.45) is 5.92 Å². The number of esters is 1. The van der Waals surface area contributed by atoms with E-state index in [0.29, 0.717) is 11.5 Å². The molecule has 0 fully saturated rings. The Morgan fingerprint density at radius 2 is 1.18 bits per heavy atom. The monoisotopic (exact) mass is 932 g/mol. The van der Waals surface area contributed by atoms with Gasteiger partial charge in [-0.1, -0.05) is 0 Å². The molecule has 0 spiro atoms. The first-order valence-electron chi connectivity index (χ1n) is 9.48. The lowest BCUT2D eigenvalue weighted by molar-refractivity contribution is -0.141. The van der Waals surface area contributed by atoms with Crippen molar-refractivity contribution in [2.75, 3.05) is 13.2 Å². The maximum atomic E-state index is 13.0. The summed E-state index contributed by atoms with van der Waals surface area (Å²) in [7, 11) is -4.41. The number of ether oxygens (including phenoxy) is 3. The Labute approximate surface area is 251 Å². The molecule has 0 aliphatic heterocycles. The van der Waals surface area contributed by atoms with Crippen LogP contribution in [-0.4, -0.2) is 32.2 Å². The highest BCUT2D eigenvalue weighted by Crippen LogP contribution is 2.29. The molecule has 0 atom stereocenters. The van der Waals surface area contributed by atoms with Gasteiger partial charge in [0, 0.05) is 14.3 Å². The van der Waals surface area contributed by atoms with Crippen molar-refractivity contribution >= 4 is 106 Å². The van der Waals surface area contributed by atoms with Crippen LogP contribution in [0.1, 0.15) is 0 Å². The molecule has 0 aliphatic carbocycles. The van der Waals surface area contributed by atoms with Gasteiger partial charge in [0.2, 0.25) is 0 Å². The van der Waals surface area contributed by atoms with Gasteiger partial charge in [-0.3, -0.25) is 9.35 Å². The highest BCUT2D eigenvalue weighted by molar-refractivity contribution is 14.1. The Bertz CT molecular complexity index is 1190. The Morgan fingerprint density at radius 3 is 1.56 bits per heavy atom. The van der Waals surface area contributed by atoms with E-state index in [1.54, 1.807) is 45.2 Å². The third-order valence-corrected chi connectivity index (χ3v) is 9.14. The minimum Gasteiger partial charge on any atom is -0.493 e. The summed E-state index contributed by atoms with van der Waals surface area (Å²) in [6, 6.07) is 17.6. The SMILES string of the molecule is O=C(Oc1cc(I)c(S(=O)(=O)O)c(I)c1)C(COc1ccc(I)cc1)COc1ccc(I)cc1. The summed E-state index contributed by atoms with van der Waals surface area (Å²) in [4.78, 5) is 12.8. The normalized spacial score (nSPS) is 11.4. The van der Waals surface area contributed by atoms with Gasteiger partial charge < -0.3 is 14.2 Å². The summed E-state index contributed by atoms with van der Waals surface area (Å²) in [6.07, 6.45) is 0. The molecule has 0 aromatic heterocycles. The zero-order valence-corrected chi connectivity index (χ0v) is 26.5. The molecular weight excluding hydrogens is 916 g/mol. The van der Waals surface area contributed by atoms with Crippen LogP contribution in [0.25, 0.3) is 0 Å². The Morgan fingerprint density at radius 1 is 0.765 bits per heavy atom. The predicted octanol–water partition coefficient (Wildman–Crippen LogP) is 6.03. The van der Waals surface area contributed by atoms with Crippen LogP contribution in [0.15, 0.2) is 65.6 Å². The molecule has 0 saturated carbocycles. The van der Waals surface area contributed by atoms with E-state index in [1.165, 1.54) is 12.1 Å². The van der Waals surface area contributed by atoms with Crippen LogP contribution in [0.2, 0.25) is 0 Å². The second-order valence-corrected chi connectivity index (χ2v) is 13.0. The number of carbonyl (C=O) groups is 1. The topological polar surface area (TPSA) is 99.1 Å². The van der Waals surface area contributed by atoms with Gasteiger partial charge in [0.25, 0.3) is 10.1 Å². The second-order valence-electron chi connectivity index (χ2n) is 6.84. The van der Waals surface area contributed by atoms with E-state index in [2.05, 4.69) is 45.2 Å². The van der Waals surface area contributed by atoms with Crippen LogP contribution >= 0.6 is 90.4 Å². The average Bonchev–Trinajstić information content (AvgIpc) is 2.74. The maximum absolute atomic E-state index is 13.0. The Kier molecular flexibility index (Phi) is 10.5. The molecule has 0 aliphatic rings. The van der Waals surface area contributed by atoms with Gasteiger partial charge in [0.1, 0.15) is 41.3 Å². The smallest absolute Gasteiger partial charge is 0.321 e. The zero-order chi connectivity index (χ0) is 24.9. The summed E-state index contributed by atoms with van der Waals surface area (Å²) >= 11 is 7.92. The Hall–Kier alpha value is -0.440. The molecule has 0 unspecified atom stereocenters. The van der Waals surface area contributed by atoms with Crippen molar-refractivity contribution in [3.8, 4) is 17.2 Å². The average molecular weight is 932 g/mol. The van der Waals surface area contributed by atoms with E-state index < -0.39 is 22.0 Å². The maximum Gasteiger partial charge on any atom is 0.321 e. The van der Waals surface area contributed by atoms with Crippen LogP contribution in [0.4, 0.5) is 0 Å². The van der Waals surface area contributed by atoms with Crippen molar-refractivity contribution in [1.29, 1.82) is 0 Å². The minimum absolute atomic E-state index is 0.0150. The number of rotatable bonds is 9. The number of carbonyl (C=O) groups excluding carboxylic acids is 1. The standard InChI is InChI=1S/C22H16I4O7S/c23-14-1-5-16(6-2-14)31-11-13(12-32-17-7-3-15(24)4-8-17)22(27)33-18-9-19(25)21(20(26)10-18)34(28,29)30/h1-10,13H,11-12H2,(H,28,29,30). The van der Waals surface area contributed by atoms with Crippen molar-refractivity contribution in [3.05, 3.63) is 74.9 Å². The van der Waals surface area contributed by atoms with Crippen LogP contribution in [-0.2, 0) is 14.9 Å². The first kappa shape index (κ1) is 28.1. The van der Waals surface area contributed by atoms with Crippen LogP contribution < -0.4 is 14.2 Å². The predicted molar refractivity (Wildman–Crippen MR) is 160 cm³/mol. The summed E-state index contributed by atoms with van der Waals surface area (Å²) < 4.78 is 52.3. The van der Waals surface area contributed by atoms with Gasteiger partial charge in [-0.2, -0.15) is 8.42 Å². The quantitative estimate of drug-likeness (QED) is 0.121. The van der Waals surface area contributed by atoms with Crippen molar-refractivity contribution < 1.29 is 32.0 Å². The highest BCUT2D eigenvalue weighted by atomic mass is 127. The van der Waals surface area contributed by atoms with Gasteiger partial charge in [0.05, 0.1) is 0 Å². The molecular formula is C22H16I4O7S. The van der Waals surface area contributed by atoms with E-state index in [9.17, 15) is 17.8 Å². The molecule has 3 aromatic carbocycles. The summed E-state index contributed by atoms with van der Waals surface area (Å²) in [5.41, 5.74) is 0. The molecule has 3 aromatic rings. The molecule has 34 heavy (non-hydrogen) atoms. The third-order valence-electron chi connectivity index (χ3n) is 4.31. The summed E-state index contributed by atoms with van der Waals surface area (Å²) in [5, 5.41) is 0. The third kappa shape index (κ3) is 8.31. The van der Waals surface area contributed by atoms with Crippen molar-refractivity contribution in [3.63, 3.8) is 0 Å². The fraction of sp³-hybridized carbons (Fsp3) is 0.136. The molecule has 0 bridgehead atoms. The molecule has 1 N–H and O–H groups in total. The van der Waals surface area contributed by atoms with Gasteiger partial charge in [-0.15, -0.1) is 0 Å². The highest BCUT2D eigenvalue weighted by Gasteiger charge is 2.25. The van der Waals surface area contributed by atoms with Gasteiger partial charge in [-0.25, -0.2) is 0 Å². The van der Waals surface area contributed by atoms with E-state index in [0.717, 1.165) is 7.14 Å². The lowest BCUT2D eigenvalue weighted by atomic mass is 10.2. The fourth-order valence-electron chi connectivity index (χ4n) is 2.68. The first-order valence-corrected chi connectivity index (χ1v) is 15.2. The zero-order valence-electron chi connectivity index (χ0n) is 17.1. The number of benzene rings is 3. The van der Waals surface area contributed by atoms with Crippen molar-refractivity contribution in [1.82, 2.24) is 0 Å². The van der Waals surface area contributed by atoms with E-state index in [4.69, 9.17) is 14.2 Å². The van der Waals surface area contributed by atoms with E-state index >= 15 is 0 Å².